The van der Waals surface area contributed by atoms with E-state index in [0.717, 1.165) is 36.1 Å². The van der Waals surface area contributed by atoms with Gasteiger partial charge in [-0.2, -0.15) is 0 Å². The second kappa shape index (κ2) is 8.52. The Bertz CT molecular complexity index is 1330. The molecule has 0 fully saturated rings. The molecular formula is C21H24N4O4S2. The van der Waals surface area contributed by atoms with Gasteiger partial charge >= 0.3 is 0 Å². The molecule has 0 saturated heterocycles. The number of aryl methyl sites for hydroxylation is 4. The van der Waals surface area contributed by atoms with Crippen LogP contribution in [0.4, 0.5) is 5.69 Å². The minimum atomic E-state index is -3.89. The quantitative estimate of drug-likeness (QED) is 0.585. The molecule has 0 atom stereocenters. The van der Waals surface area contributed by atoms with Crippen LogP contribution < -0.4 is 16.0 Å². The standard InChI is InChI=1S/C21H24N4O4S2/c1-2-13-7-8-14(11-17(13)31(22,28)29)24-18(26)9-10-25-12-23-20-19(21(25)27)15-5-3-4-6-16(15)30-20/h7-8,11-12H,2-6,9-10H2,1H3,(H,24,26)(H2,22,28,29). The molecule has 1 amide bonds. The average Bonchev–Trinajstić information content (AvgIpc) is 3.12. The maximum atomic E-state index is 13.0. The van der Waals surface area contributed by atoms with E-state index in [1.54, 1.807) is 23.5 Å². The number of benzene rings is 1. The van der Waals surface area contributed by atoms with Crippen molar-refractivity contribution in [1.29, 1.82) is 0 Å². The van der Waals surface area contributed by atoms with Gasteiger partial charge in [-0.15, -0.1) is 11.3 Å². The van der Waals surface area contributed by atoms with Gasteiger partial charge in [0.05, 0.1) is 16.6 Å². The van der Waals surface area contributed by atoms with Crippen molar-refractivity contribution in [2.45, 2.75) is 56.9 Å². The summed E-state index contributed by atoms with van der Waals surface area (Å²) in [6.45, 7) is 2.02. The number of carbonyl (C=O) groups excluding carboxylic acids is 1. The number of nitrogens with one attached hydrogen (secondary N) is 1. The average molecular weight is 461 g/mol. The molecule has 1 aliphatic carbocycles. The Labute approximate surface area is 184 Å². The Kier molecular flexibility index (Phi) is 5.96. The van der Waals surface area contributed by atoms with Crippen LogP contribution in [0.5, 0.6) is 0 Å². The summed E-state index contributed by atoms with van der Waals surface area (Å²) in [4.78, 5) is 31.9. The summed E-state index contributed by atoms with van der Waals surface area (Å²) in [5, 5.41) is 8.66. The molecule has 4 rings (SSSR count). The zero-order valence-electron chi connectivity index (χ0n) is 17.2. The van der Waals surface area contributed by atoms with E-state index in [2.05, 4.69) is 10.3 Å². The van der Waals surface area contributed by atoms with Gasteiger partial charge in [0.2, 0.25) is 15.9 Å². The summed E-state index contributed by atoms with van der Waals surface area (Å²) in [6, 6.07) is 4.64. The summed E-state index contributed by atoms with van der Waals surface area (Å²) in [6.07, 6.45) is 6.17. The maximum Gasteiger partial charge on any atom is 0.262 e. The molecule has 3 aromatic rings. The van der Waals surface area contributed by atoms with Gasteiger partial charge in [0.25, 0.3) is 5.56 Å². The Hall–Kier alpha value is -2.56. The Balaban J connectivity index is 1.50. The lowest BCUT2D eigenvalue weighted by Gasteiger charge is -2.11. The molecule has 1 aromatic carbocycles. The van der Waals surface area contributed by atoms with Gasteiger partial charge in [0.15, 0.2) is 0 Å². The van der Waals surface area contributed by atoms with Crippen LogP contribution >= 0.6 is 11.3 Å². The molecule has 31 heavy (non-hydrogen) atoms. The third kappa shape index (κ3) is 4.41. The van der Waals surface area contributed by atoms with Gasteiger partial charge in [-0.3, -0.25) is 14.2 Å². The third-order valence-corrected chi connectivity index (χ3v) is 7.75. The Morgan fingerprint density at radius 3 is 2.81 bits per heavy atom. The number of amides is 1. The van der Waals surface area contributed by atoms with E-state index in [0.29, 0.717) is 23.1 Å². The number of hydrogen-bond acceptors (Lipinski definition) is 6. The lowest BCUT2D eigenvalue weighted by Crippen LogP contribution is -2.24. The van der Waals surface area contributed by atoms with Gasteiger partial charge in [0, 0.05) is 23.5 Å². The number of rotatable bonds is 6. The third-order valence-electron chi connectivity index (χ3n) is 5.56. The molecule has 164 valence electrons. The lowest BCUT2D eigenvalue weighted by atomic mass is 9.97. The van der Waals surface area contributed by atoms with Gasteiger partial charge < -0.3 is 5.32 Å². The molecule has 0 unspecified atom stereocenters. The van der Waals surface area contributed by atoms with Crippen molar-refractivity contribution in [3.05, 3.63) is 50.9 Å². The monoisotopic (exact) mass is 460 g/mol. The van der Waals surface area contributed by atoms with Crippen LogP contribution in [0, 0.1) is 0 Å². The topological polar surface area (TPSA) is 124 Å². The lowest BCUT2D eigenvalue weighted by molar-refractivity contribution is -0.116. The molecule has 8 nitrogen and oxygen atoms in total. The van der Waals surface area contributed by atoms with Crippen LogP contribution in [0.2, 0.25) is 0 Å². The molecule has 0 bridgehead atoms. The van der Waals surface area contributed by atoms with E-state index < -0.39 is 10.0 Å². The smallest absolute Gasteiger partial charge is 0.262 e. The summed E-state index contributed by atoms with van der Waals surface area (Å²) < 4.78 is 25.1. The van der Waals surface area contributed by atoms with Gasteiger partial charge in [0.1, 0.15) is 4.83 Å². The number of carbonyl (C=O) groups is 1. The van der Waals surface area contributed by atoms with Crippen LogP contribution in [-0.2, 0) is 40.6 Å². The van der Waals surface area contributed by atoms with Crippen molar-refractivity contribution in [2.75, 3.05) is 5.32 Å². The number of sulfonamides is 1. The van der Waals surface area contributed by atoms with Gasteiger partial charge in [-0.05, 0) is 55.4 Å². The summed E-state index contributed by atoms with van der Waals surface area (Å²) in [5.41, 5.74) is 1.94. The highest BCUT2D eigenvalue weighted by molar-refractivity contribution is 7.89. The fourth-order valence-electron chi connectivity index (χ4n) is 3.98. The van der Waals surface area contributed by atoms with E-state index in [4.69, 9.17) is 5.14 Å². The highest BCUT2D eigenvalue weighted by Crippen LogP contribution is 2.33. The number of anilines is 1. The minimum absolute atomic E-state index is 0.000836. The predicted molar refractivity (Wildman–Crippen MR) is 121 cm³/mol. The minimum Gasteiger partial charge on any atom is -0.326 e. The van der Waals surface area contributed by atoms with Crippen LogP contribution in [-0.4, -0.2) is 23.9 Å². The highest BCUT2D eigenvalue weighted by atomic mass is 32.2. The zero-order valence-corrected chi connectivity index (χ0v) is 18.8. The predicted octanol–water partition coefficient (Wildman–Crippen LogP) is 2.58. The van der Waals surface area contributed by atoms with E-state index in [1.807, 2.05) is 6.92 Å². The second-order valence-corrected chi connectivity index (χ2v) is 10.3. The number of nitrogens with two attached hydrogens (primary N) is 1. The molecule has 2 heterocycles. The van der Waals surface area contributed by atoms with E-state index >= 15 is 0 Å². The van der Waals surface area contributed by atoms with Crippen molar-refractivity contribution in [3.8, 4) is 0 Å². The number of thiophene rings is 1. The van der Waals surface area contributed by atoms with Crippen molar-refractivity contribution in [1.82, 2.24) is 9.55 Å². The molecule has 0 spiro atoms. The number of fused-ring (bicyclic) bond motifs is 3. The Morgan fingerprint density at radius 1 is 1.29 bits per heavy atom. The maximum absolute atomic E-state index is 13.0. The first-order chi connectivity index (χ1) is 14.8. The van der Waals surface area contributed by atoms with Crippen LogP contribution in [0.1, 0.15) is 42.2 Å². The first-order valence-corrected chi connectivity index (χ1v) is 12.6. The van der Waals surface area contributed by atoms with Crippen molar-refractivity contribution in [3.63, 3.8) is 0 Å². The second-order valence-electron chi connectivity index (χ2n) is 7.65. The fourth-order valence-corrected chi connectivity index (χ4v) is 6.06. The Morgan fingerprint density at radius 2 is 2.06 bits per heavy atom. The van der Waals surface area contributed by atoms with Crippen molar-refractivity contribution >= 4 is 43.2 Å². The van der Waals surface area contributed by atoms with Crippen LogP contribution in [0.3, 0.4) is 0 Å². The number of primary sulfonamides is 1. The number of hydrogen-bond donors (Lipinski definition) is 2. The fraction of sp³-hybridized carbons (Fsp3) is 0.381. The van der Waals surface area contributed by atoms with E-state index in [9.17, 15) is 18.0 Å². The molecule has 10 heteroatoms. The number of nitrogens with zero attached hydrogens (tertiary/aromatic N) is 2. The molecule has 2 aromatic heterocycles. The molecule has 1 aliphatic rings. The molecule has 0 radical (unpaired) electrons. The number of aromatic nitrogens is 2. The summed E-state index contributed by atoms with van der Waals surface area (Å²) in [7, 11) is -3.89. The molecular weight excluding hydrogens is 436 g/mol. The first kappa shape index (κ1) is 21.7. The zero-order chi connectivity index (χ0) is 22.2. The first-order valence-electron chi connectivity index (χ1n) is 10.2. The van der Waals surface area contributed by atoms with Crippen LogP contribution in [0.15, 0.2) is 34.2 Å². The van der Waals surface area contributed by atoms with E-state index in [1.165, 1.54) is 21.8 Å². The molecule has 0 aliphatic heterocycles. The van der Waals surface area contributed by atoms with Gasteiger partial charge in [-0.25, -0.2) is 18.5 Å². The van der Waals surface area contributed by atoms with Gasteiger partial charge in [-0.1, -0.05) is 13.0 Å². The van der Waals surface area contributed by atoms with Crippen molar-refractivity contribution in [2.24, 2.45) is 5.14 Å². The molecule has 0 saturated carbocycles. The normalized spacial score (nSPS) is 13.9. The molecule has 3 N–H and O–H groups in total. The van der Waals surface area contributed by atoms with E-state index in [-0.39, 0.29) is 29.3 Å². The largest absolute Gasteiger partial charge is 0.326 e. The van der Waals surface area contributed by atoms with Crippen LogP contribution in [0.25, 0.3) is 10.2 Å². The summed E-state index contributed by atoms with van der Waals surface area (Å²) >= 11 is 1.59. The highest BCUT2D eigenvalue weighted by Gasteiger charge is 2.20. The summed E-state index contributed by atoms with van der Waals surface area (Å²) in [5.74, 6) is -0.330. The van der Waals surface area contributed by atoms with Crippen molar-refractivity contribution < 1.29 is 13.2 Å². The SMILES string of the molecule is CCc1ccc(NC(=O)CCn2cnc3sc4c(c3c2=O)CCCC4)cc1S(N)(=O)=O.